The number of esters is 1. The number of sulfonamides is 1. The summed E-state index contributed by atoms with van der Waals surface area (Å²) >= 11 is 0. The molecule has 0 unspecified atom stereocenters. The Kier molecular flexibility index (Phi) is 15.2. The number of methoxy groups -OCH3 is 1. The van der Waals surface area contributed by atoms with E-state index < -0.39 is 118 Å². The Morgan fingerprint density at radius 2 is 1.59 bits per heavy atom. The van der Waals surface area contributed by atoms with E-state index in [1.165, 1.54) is 33.1 Å². The average molecular weight is 817 g/mol. The maximum absolute atomic E-state index is 14.1. The van der Waals surface area contributed by atoms with Crippen LogP contribution in [0.4, 0.5) is 0 Å². The van der Waals surface area contributed by atoms with Crippen LogP contribution < -0.4 is 10.0 Å². The van der Waals surface area contributed by atoms with Gasteiger partial charge in [0, 0.05) is 31.9 Å². The highest BCUT2D eigenvalue weighted by Gasteiger charge is 2.52. The first-order valence-corrected chi connectivity index (χ1v) is 21.0. The lowest BCUT2D eigenvalue weighted by Gasteiger charge is -2.48. The zero-order valence-electron chi connectivity index (χ0n) is 34.2. The molecule has 3 fully saturated rings. The van der Waals surface area contributed by atoms with E-state index in [-0.39, 0.29) is 37.1 Å². The van der Waals surface area contributed by atoms with Gasteiger partial charge in [-0.25, -0.2) is 13.1 Å². The van der Waals surface area contributed by atoms with Crippen molar-refractivity contribution < 1.29 is 66.9 Å². The Morgan fingerprint density at radius 3 is 2.20 bits per heavy atom. The highest BCUT2D eigenvalue weighted by atomic mass is 32.2. The Morgan fingerprint density at radius 1 is 0.946 bits per heavy atom. The van der Waals surface area contributed by atoms with Crippen LogP contribution in [0.25, 0.3) is 0 Å². The van der Waals surface area contributed by atoms with E-state index in [1.54, 1.807) is 66.7 Å². The molecule has 17 heteroatoms. The molecule has 3 aliphatic heterocycles. The standard InChI is InChI=1S/C39H64N2O14S/c1-11-28-38(8,47)20-40-34(44)21(2)18-37(7,46)33(55-36-30(42)27(17-22(3)51-36)41-56(48,49)26-15-13-12-14-16-26)23(4)31(24(5)35(45)53-28)54-29-19-39(9,50-10)32(43)25(6)52-29/h12-16,21-25,27-33,36,41-43,46-47H,11,17-20H2,1-10H3,(H,40,44)/t21-,22-,23+,24-,25+,27+,28+,29+,30-,31-,32+,33-,36+,37-,38+,39-/m1/s1. The van der Waals surface area contributed by atoms with Gasteiger partial charge in [0.25, 0.3) is 0 Å². The first-order valence-electron chi connectivity index (χ1n) is 19.5. The molecule has 320 valence electrons. The minimum atomic E-state index is -4.07. The number of rotatable bonds is 9. The molecule has 16 atom stereocenters. The molecule has 1 aromatic carbocycles. The zero-order chi connectivity index (χ0) is 42.0. The van der Waals surface area contributed by atoms with E-state index in [1.807, 2.05) is 0 Å². The fourth-order valence-electron chi connectivity index (χ4n) is 8.18. The maximum atomic E-state index is 14.1. The number of amides is 1. The summed E-state index contributed by atoms with van der Waals surface area (Å²) in [7, 11) is -2.61. The summed E-state index contributed by atoms with van der Waals surface area (Å²) < 4.78 is 66.2. The van der Waals surface area contributed by atoms with Gasteiger partial charge in [0.05, 0.1) is 52.5 Å². The molecule has 0 spiro atoms. The second-order valence-corrected chi connectivity index (χ2v) is 18.4. The van der Waals surface area contributed by atoms with Gasteiger partial charge >= 0.3 is 5.97 Å². The van der Waals surface area contributed by atoms with Gasteiger partial charge in [-0.2, -0.15) is 0 Å². The number of carbonyl (C=O) groups is 2. The Balaban J connectivity index is 1.77. The molecule has 56 heavy (non-hydrogen) atoms. The first-order chi connectivity index (χ1) is 26.0. The number of hydrogen-bond donors (Lipinski definition) is 6. The van der Waals surface area contributed by atoms with E-state index in [4.69, 9.17) is 28.4 Å². The molecule has 4 rings (SSSR count). The van der Waals surface area contributed by atoms with Gasteiger partial charge in [0.1, 0.15) is 23.9 Å². The van der Waals surface area contributed by atoms with Crippen molar-refractivity contribution in [3.05, 3.63) is 30.3 Å². The number of aliphatic hydroxyl groups excluding tert-OH is 2. The summed E-state index contributed by atoms with van der Waals surface area (Å²) in [5.74, 6) is -4.13. The van der Waals surface area contributed by atoms with Crippen molar-refractivity contribution in [2.45, 2.75) is 171 Å². The SMILES string of the molecule is CC[C@@H]1OC(=O)[C@H](C)[C@H](O[C@H]2C[C@@](C)(OC)[C@@H](O)[C@H](C)O2)[C@H](C)[C@@H](O[C@@H]2O[C@H](C)C[C@H](NS(=O)(=O)c3ccccc3)[C@H]2O)[C@](C)(O)C[C@@H](C)C(=O)NC[C@]1(C)O. The van der Waals surface area contributed by atoms with Crippen LogP contribution in [0.3, 0.4) is 0 Å². The van der Waals surface area contributed by atoms with Crippen LogP contribution in [0.5, 0.6) is 0 Å². The van der Waals surface area contributed by atoms with Crippen LogP contribution in [0.2, 0.25) is 0 Å². The Hall–Kier alpha value is -2.29. The zero-order valence-corrected chi connectivity index (χ0v) is 35.0. The fourth-order valence-corrected chi connectivity index (χ4v) is 9.47. The largest absolute Gasteiger partial charge is 0.459 e. The van der Waals surface area contributed by atoms with Gasteiger partial charge in [0.15, 0.2) is 12.6 Å². The minimum absolute atomic E-state index is 0.00250. The summed E-state index contributed by atoms with van der Waals surface area (Å²) in [6.07, 6.45) is -9.82. The molecular formula is C39H64N2O14S. The van der Waals surface area contributed by atoms with E-state index >= 15 is 0 Å². The smallest absolute Gasteiger partial charge is 0.311 e. The summed E-state index contributed by atoms with van der Waals surface area (Å²) in [5.41, 5.74) is -4.63. The van der Waals surface area contributed by atoms with Crippen LogP contribution >= 0.6 is 0 Å². The monoisotopic (exact) mass is 816 g/mol. The molecule has 0 saturated carbocycles. The molecule has 6 N–H and O–H groups in total. The van der Waals surface area contributed by atoms with Crippen molar-refractivity contribution in [2.24, 2.45) is 17.8 Å². The number of carbonyl (C=O) groups excluding carboxylic acids is 2. The molecule has 0 radical (unpaired) electrons. The Bertz CT molecular complexity index is 1580. The number of β-amino-alcohol motifs (C(OH)–C–C–N with tert-alkyl or cyclic N) is 1. The van der Waals surface area contributed by atoms with Crippen LogP contribution in [0, 0.1) is 17.8 Å². The molecule has 0 aromatic heterocycles. The van der Waals surface area contributed by atoms with Crippen LogP contribution in [0.1, 0.15) is 88.0 Å². The molecule has 0 aliphatic carbocycles. The highest BCUT2D eigenvalue weighted by molar-refractivity contribution is 7.89. The predicted octanol–water partition coefficient (Wildman–Crippen LogP) is 1.75. The van der Waals surface area contributed by atoms with E-state index in [2.05, 4.69) is 10.0 Å². The topological polar surface area (TPSA) is 229 Å². The first kappa shape index (κ1) is 46.4. The van der Waals surface area contributed by atoms with E-state index in [0.29, 0.717) is 0 Å². The van der Waals surface area contributed by atoms with Crippen molar-refractivity contribution in [3.63, 3.8) is 0 Å². The molecule has 3 heterocycles. The van der Waals surface area contributed by atoms with Crippen molar-refractivity contribution in [2.75, 3.05) is 13.7 Å². The molecule has 3 saturated heterocycles. The molecule has 3 aliphatic rings. The lowest BCUT2D eigenvalue weighted by Crippen LogP contribution is -2.61. The molecule has 16 nitrogen and oxygen atoms in total. The number of nitrogens with one attached hydrogen (secondary N) is 2. The third-order valence-electron chi connectivity index (χ3n) is 11.7. The fraction of sp³-hybridized carbons (Fsp3) is 0.795. The third kappa shape index (κ3) is 10.7. The lowest BCUT2D eigenvalue weighted by atomic mass is 9.77. The summed E-state index contributed by atoms with van der Waals surface area (Å²) in [6, 6.07) is 6.64. The number of aliphatic hydroxyl groups is 4. The molecular weight excluding hydrogens is 752 g/mol. The quantitative estimate of drug-likeness (QED) is 0.195. The van der Waals surface area contributed by atoms with Gasteiger partial charge in [0.2, 0.25) is 15.9 Å². The van der Waals surface area contributed by atoms with Crippen LogP contribution in [-0.2, 0) is 48.0 Å². The van der Waals surface area contributed by atoms with Crippen molar-refractivity contribution >= 4 is 21.9 Å². The van der Waals surface area contributed by atoms with Crippen LogP contribution in [0.15, 0.2) is 35.2 Å². The molecule has 0 bridgehead atoms. The predicted molar refractivity (Wildman–Crippen MR) is 202 cm³/mol. The van der Waals surface area contributed by atoms with Crippen molar-refractivity contribution in [1.82, 2.24) is 10.0 Å². The lowest BCUT2D eigenvalue weighted by molar-refractivity contribution is -0.315. The van der Waals surface area contributed by atoms with E-state index in [0.717, 1.165) is 0 Å². The van der Waals surface area contributed by atoms with Crippen molar-refractivity contribution in [3.8, 4) is 0 Å². The van der Waals surface area contributed by atoms with Gasteiger partial charge in [-0.1, -0.05) is 39.0 Å². The number of ether oxygens (including phenoxy) is 6. The second kappa shape index (κ2) is 18.3. The summed E-state index contributed by atoms with van der Waals surface area (Å²) in [5, 5.41) is 49.0. The Labute approximate surface area is 330 Å². The number of benzene rings is 1. The maximum Gasteiger partial charge on any atom is 0.311 e. The van der Waals surface area contributed by atoms with Gasteiger partial charge < -0.3 is 54.2 Å². The average Bonchev–Trinajstić information content (AvgIpc) is 3.13. The van der Waals surface area contributed by atoms with E-state index in [9.17, 15) is 38.4 Å². The van der Waals surface area contributed by atoms with Gasteiger partial charge in [-0.3, -0.25) is 9.59 Å². The second-order valence-electron chi connectivity index (χ2n) is 16.7. The highest BCUT2D eigenvalue weighted by Crippen LogP contribution is 2.39. The minimum Gasteiger partial charge on any atom is -0.459 e. The third-order valence-corrected chi connectivity index (χ3v) is 13.2. The molecule has 1 amide bonds. The molecule has 1 aromatic rings. The van der Waals surface area contributed by atoms with Crippen LogP contribution in [-0.4, -0.2) is 133 Å². The van der Waals surface area contributed by atoms with Gasteiger partial charge in [-0.05, 0) is 72.9 Å². The van der Waals surface area contributed by atoms with Crippen molar-refractivity contribution in [1.29, 1.82) is 0 Å². The normalized spacial score (nSPS) is 43.6. The number of cyclic esters (lactones) is 1. The summed E-state index contributed by atoms with van der Waals surface area (Å²) in [6.45, 7) is 14.3. The summed E-state index contributed by atoms with van der Waals surface area (Å²) in [4.78, 5) is 27.5. The number of hydrogen-bond acceptors (Lipinski definition) is 14. The van der Waals surface area contributed by atoms with Gasteiger partial charge in [-0.15, -0.1) is 0 Å².